The third-order valence-electron chi connectivity index (χ3n) is 3.47. The van der Waals surface area contributed by atoms with E-state index in [0.29, 0.717) is 12.8 Å². The van der Waals surface area contributed by atoms with Crippen molar-refractivity contribution in [1.29, 1.82) is 0 Å². The van der Waals surface area contributed by atoms with Gasteiger partial charge in [-0.3, -0.25) is 0 Å². The van der Waals surface area contributed by atoms with Crippen molar-refractivity contribution in [3.63, 3.8) is 0 Å². The van der Waals surface area contributed by atoms with Gasteiger partial charge in [-0.1, -0.05) is 13.8 Å². The molecule has 6 nitrogen and oxygen atoms in total. The average molecular weight is 320 g/mol. The van der Waals surface area contributed by atoms with Gasteiger partial charge in [-0.25, -0.2) is 17.5 Å². The molecule has 21 heavy (non-hydrogen) atoms. The molecule has 0 aromatic heterocycles. The Morgan fingerprint density at radius 1 is 1.38 bits per heavy atom. The van der Waals surface area contributed by atoms with E-state index in [4.69, 9.17) is 10.5 Å². The van der Waals surface area contributed by atoms with Crippen LogP contribution in [0.5, 0.6) is 5.75 Å². The van der Waals surface area contributed by atoms with Crippen molar-refractivity contribution in [2.75, 3.05) is 19.4 Å². The second kappa shape index (κ2) is 6.59. The highest BCUT2D eigenvalue weighted by atomic mass is 32.2. The van der Waals surface area contributed by atoms with Gasteiger partial charge in [0.05, 0.1) is 23.3 Å². The first-order valence-electron chi connectivity index (χ1n) is 6.54. The molecule has 0 saturated heterocycles. The topological polar surface area (TPSA) is 102 Å². The Kier molecular flexibility index (Phi) is 5.54. The quantitative estimate of drug-likeness (QED) is 0.656. The minimum absolute atomic E-state index is 0.112. The van der Waals surface area contributed by atoms with Gasteiger partial charge in [0.1, 0.15) is 0 Å². The molecule has 0 radical (unpaired) electrons. The third-order valence-corrected chi connectivity index (χ3v) is 4.85. The van der Waals surface area contributed by atoms with Crippen LogP contribution < -0.4 is 15.2 Å². The molecular formula is C13H21FN2O4S. The van der Waals surface area contributed by atoms with Gasteiger partial charge in [-0.2, -0.15) is 0 Å². The highest BCUT2D eigenvalue weighted by Crippen LogP contribution is 2.28. The lowest BCUT2D eigenvalue weighted by Crippen LogP contribution is -2.42. The highest BCUT2D eigenvalue weighted by Gasteiger charge is 2.26. The summed E-state index contributed by atoms with van der Waals surface area (Å²) in [7, 11) is -2.73. The van der Waals surface area contributed by atoms with Crippen molar-refractivity contribution in [2.45, 2.75) is 37.2 Å². The number of benzene rings is 1. The standard InChI is InChI=1S/C13H21FN2O4S/c1-4-13(17,5-2)8-16-21(18,19)9-6-10(14)12(20-3)11(15)7-9/h6-7,16-17H,4-5,8,15H2,1-3H3. The first-order valence-corrected chi connectivity index (χ1v) is 8.02. The predicted octanol–water partition coefficient (Wildman–Crippen LogP) is 1.25. The lowest BCUT2D eigenvalue weighted by Gasteiger charge is -2.25. The normalized spacial score (nSPS) is 12.4. The molecule has 1 rings (SSSR count). The summed E-state index contributed by atoms with van der Waals surface area (Å²) >= 11 is 0. The van der Waals surface area contributed by atoms with Crippen LogP contribution in [-0.2, 0) is 10.0 Å². The number of nitrogens with two attached hydrogens (primary N) is 1. The van der Waals surface area contributed by atoms with Gasteiger partial charge < -0.3 is 15.6 Å². The molecule has 0 aliphatic rings. The van der Waals surface area contributed by atoms with Gasteiger partial charge in [-0.15, -0.1) is 0 Å². The molecule has 4 N–H and O–H groups in total. The van der Waals surface area contributed by atoms with Crippen LogP contribution in [0.4, 0.5) is 10.1 Å². The number of aliphatic hydroxyl groups is 1. The number of methoxy groups -OCH3 is 1. The molecule has 0 heterocycles. The number of halogens is 1. The Morgan fingerprint density at radius 3 is 2.38 bits per heavy atom. The maximum Gasteiger partial charge on any atom is 0.240 e. The molecule has 0 unspecified atom stereocenters. The number of sulfonamides is 1. The summed E-state index contributed by atoms with van der Waals surface area (Å²) in [6.45, 7) is 3.35. The second-order valence-corrected chi connectivity index (χ2v) is 6.55. The van der Waals surface area contributed by atoms with Crippen molar-refractivity contribution in [3.05, 3.63) is 17.9 Å². The fraction of sp³-hybridized carbons (Fsp3) is 0.538. The first-order chi connectivity index (χ1) is 9.69. The molecule has 120 valence electrons. The molecule has 0 atom stereocenters. The van der Waals surface area contributed by atoms with E-state index >= 15 is 0 Å². The molecule has 0 aliphatic heterocycles. The van der Waals surface area contributed by atoms with Crippen LogP contribution in [0.25, 0.3) is 0 Å². The van der Waals surface area contributed by atoms with Crippen molar-refractivity contribution in [2.24, 2.45) is 0 Å². The molecule has 1 aromatic carbocycles. The smallest absolute Gasteiger partial charge is 0.240 e. The average Bonchev–Trinajstić information content (AvgIpc) is 2.44. The maximum absolute atomic E-state index is 13.7. The fourth-order valence-corrected chi connectivity index (χ4v) is 2.94. The molecule has 0 saturated carbocycles. The van der Waals surface area contributed by atoms with Gasteiger partial charge >= 0.3 is 0 Å². The van der Waals surface area contributed by atoms with Crippen molar-refractivity contribution in [3.8, 4) is 5.75 Å². The number of nitrogens with one attached hydrogen (secondary N) is 1. The molecule has 0 spiro atoms. The summed E-state index contributed by atoms with van der Waals surface area (Å²) in [5.41, 5.74) is 4.31. The number of rotatable bonds is 7. The Bertz CT molecular complexity index is 577. The summed E-state index contributed by atoms with van der Waals surface area (Å²) in [4.78, 5) is -0.312. The summed E-state index contributed by atoms with van der Waals surface area (Å²) in [6.07, 6.45) is 0.788. The zero-order valence-corrected chi connectivity index (χ0v) is 13.1. The van der Waals surface area contributed by atoms with E-state index in [9.17, 15) is 17.9 Å². The number of hydrogen-bond donors (Lipinski definition) is 3. The number of nitrogen functional groups attached to an aromatic ring is 1. The van der Waals surface area contributed by atoms with E-state index in [2.05, 4.69) is 4.72 Å². The number of ether oxygens (including phenoxy) is 1. The molecule has 1 aromatic rings. The van der Waals surface area contributed by atoms with Gasteiger partial charge in [0.2, 0.25) is 10.0 Å². The van der Waals surface area contributed by atoms with Gasteiger partial charge in [0.25, 0.3) is 0 Å². The summed E-state index contributed by atoms with van der Waals surface area (Å²) in [6, 6.07) is 1.94. The Labute approximate surface area is 124 Å². The zero-order chi connectivity index (χ0) is 16.3. The SMILES string of the molecule is CCC(O)(CC)CNS(=O)(=O)c1cc(N)c(OC)c(F)c1. The minimum atomic E-state index is -3.97. The number of hydrogen-bond acceptors (Lipinski definition) is 5. The lowest BCUT2D eigenvalue weighted by molar-refractivity contribution is 0.0377. The number of anilines is 1. The molecule has 0 aliphatic carbocycles. The highest BCUT2D eigenvalue weighted by molar-refractivity contribution is 7.89. The lowest BCUT2D eigenvalue weighted by atomic mass is 9.98. The van der Waals surface area contributed by atoms with E-state index in [0.717, 1.165) is 12.1 Å². The van der Waals surface area contributed by atoms with Crippen LogP contribution >= 0.6 is 0 Å². The molecule has 0 bridgehead atoms. The molecule has 8 heteroatoms. The first kappa shape index (κ1) is 17.7. The van der Waals surface area contributed by atoms with Gasteiger partial charge in [0.15, 0.2) is 11.6 Å². The van der Waals surface area contributed by atoms with E-state index < -0.39 is 21.4 Å². The van der Waals surface area contributed by atoms with Crippen LogP contribution in [0, 0.1) is 5.82 Å². The van der Waals surface area contributed by atoms with E-state index in [1.165, 1.54) is 7.11 Å². The summed E-state index contributed by atoms with van der Waals surface area (Å²) in [5, 5.41) is 10.1. The van der Waals surface area contributed by atoms with Gasteiger partial charge in [0, 0.05) is 6.54 Å². The van der Waals surface area contributed by atoms with Crippen LogP contribution in [0.2, 0.25) is 0 Å². The van der Waals surface area contributed by atoms with Crippen molar-refractivity contribution >= 4 is 15.7 Å². The van der Waals surface area contributed by atoms with Crippen LogP contribution in [0.3, 0.4) is 0 Å². The Hall–Kier alpha value is -1.38. The van der Waals surface area contributed by atoms with E-state index in [1.807, 2.05) is 0 Å². The van der Waals surface area contributed by atoms with Crippen LogP contribution in [0.15, 0.2) is 17.0 Å². The summed E-state index contributed by atoms with van der Waals surface area (Å²) in [5.74, 6) is -1.06. The Morgan fingerprint density at radius 2 is 1.95 bits per heavy atom. The predicted molar refractivity (Wildman–Crippen MR) is 78.1 cm³/mol. The third kappa shape index (κ3) is 4.05. The largest absolute Gasteiger partial charge is 0.492 e. The van der Waals surface area contributed by atoms with Crippen molar-refractivity contribution < 1.29 is 22.7 Å². The van der Waals surface area contributed by atoms with Crippen LogP contribution in [-0.4, -0.2) is 32.8 Å². The second-order valence-electron chi connectivity index (χ2n) is 4.78. The fourth-order valence-electron chi connectivity index (χ4n) is 1.77. The van der Waals surface area contributed by atoms with E-state index in [-0.39, 0.29) is 22.9 Å². The zero-order valence-electron chi connectivity index (χ0n) is 12.3. The monoisotopic (exact) mass is 320 g/mol. The molecular weight excluding hydrogens is 299 g/mol. The Balaban J connectivity index is 3.04. The molecule has 0 amide bonds. The van der Waals surface area contributed by atoms with E-state index in [1.54, 1.807) is 13.8 Å². The van der Waals surface area contributed by atoms with Crippen molar-refractivity contribution in [1.82, 2.24) is 4.72 Å². The summed E-state index contributed by atoms with van der Waals surface area (Å²) < 4.78 is 45.0. The minimum Gasteiger partial charge on any atom is -0.492 e. The maximum atomic E-state index is 13.7. The van der Waals surface area contributed by atoms with Gasteiger partial charge in [-0.05, 0) is 25.0 Å². The van der Waals surface area contributed by atoms with Crippen LogP contribution in [0.1, 0.15) is 26.7 Å². The molecule has 0 fully saturated rings.